The van der Waals surface area contributed by atoms with Gasteiger partial charge in [0.05, 0.1) is 0 Å². The van der Waals surface area contributed by atoms with Crippen molar-refractivity contribution in [1.82, 2.24) is 14.9 Å². The lowest BCUT2D eigenvalue weighted by molar-refractivity contribution is -0.131. The van der Waals surface area contributed by atoms with Gasteiger partial charge in [0, 0.05) is 30.4 Å². The van der Waals surface area contributed by atoms with Crippen LogP contribution >= 0.6 is 0 Å². The highest BCUT2D eigenvalue weighted by Crippen LogP contribution is 2.35. The number of nitrogens with one attached hydrogen (secondary N) is 1. The molecule has 0 bridgehead atoms. The first-order valence-electron chi connectivity index (χ1n) is 7.30. The van der Waals surface area contributed by atoms with E-state index in [0.717, 1.165) is 30.9 Å². The smallest absolute Gasteiger partial charge is 0.225 e. The zero-order chi connectivity index (χ0) is 13.9. The van der Waals surface area contributed by atoms with E-state index in [0.29, 0.717) is 6.54 Å². The van der Waals surface area contributed by atoms with Crippen LogP contribution in [0.15, 0.2) is 6.20 Å². The number of rotatable bonds is 4. The minimum Gasteiger partial charge on any atom is -0.354 e. The Hall–Kier alpha value is -1.32. The highest BCUT2D eigenvalue weighted by atomic mass is 16.2. The minimum atomic E-state index is -0.142. The SMILES string of the molecule is Cc1cnc(C)n1CCNC(=O)C1(C)CCCCC1. The van der Waals surface area contributed by atoms with E-state index in [2.05, 4.69) is 21.8 Å². The number of imidazole rings is 1. The van der Waals surface area contributed by atoms with E-state index in [4.69, 9.17) is 0 Å². The van der Waals surface area contributed by atoms with Crippen LogP contribution in [0.25, 0.3) is 0 Å². The van der Waals surface area contributed by atoms with Crippen LogP contribution in [0.4, 0.5) is 0 Å². The molecule has 0 aliphatic heterocycles. The molecule has 0 atom stereocenters. The van der Waals surface area contributed by atoms with Crippen molar-refractivity contribution >= 4 is 5.91 Å². The summed E-state index contributed by atoms with van der Waals surface area (Å²) in [4.78, 5) is 16.5. The summed E-state index contributed by atoms with van der Waals surface area (Å²) in [6, 6.07) is 0. The lowest BCUT2D eigenvalue weighted by Gasteiger charge is -2.32. The standard InChI is InChI=1S/C15H25N3O/c1-12-11-17-13(2)18(12)10-9-16-14(19)15(3)7-5-4-6-8-15/h11H,4-10H2,1-3H3,(H,16,19). The molecule has 1 fully saturated rings. The summed E-state index contributed by atoms with van der Waals surface area (Å²) in [6.45, 7) is 7.64. The van der Waals surface area contributed by atoms with Crippen LogP contribution in [0.5, 0.6) is 0 Å². The van der Waals surface area contributed by atoms with Gasteiger partial charge in [-0.3, -0.25) is 4.79 Å². The van der Waals surface area contributed by atoms with Crippen molar-refractivity contribution in [2.75, 3.05) is 6.54 Å². The molecule has 1 aromatic heterocycles. The molecule has 1 heterocycles. The predicted molar refractivity (Wildman–Crippen MR) is 75.9 cm³/mol. The third-order valence-corrected chi connectivity index (χ3v) is 4.38. The summed E-state index contributed by atoms with van der Waals surface area (Å²) in [6.07, 6.45) is 7.58. The van der Waals surface area contributed by atoms with Crippen molar-refractivity contribution < 1.29 is 4.79 Å². The average Bonchev–Trinajstić information content (AvgIpc) is 2.71. The lowest BCUT2D eigenvalue weighted by atomic mass is 9.75. The maximum Gasteiger partial charge on any atom is 0.225 e. The van der Waals surface area contributed by atoms with Gasteiger partial charge in [-0.15, -0.1) is 0 Å². The Balaban J connectivity index is 1.84. The van der Waals surface area contributed by atoms with Crippen LogP contribution in [-0.4, -0.2) is 22.0 Å². The largest absolute Gasteiger partial charge is 0.354 e. The average molecular weight is 263 g/mol. The predicted octanol–water partition coefficient (Wildman–Crippen LogP) is 2.59. The number of aromatic nitrogens is 2. The van der Waals surface area contributed by atoms with E-state index in [1.807, 2.05) is 20.0 Å². The summed E-state index contributed by atoms with van der Waals surface area (Å²) < 4.78 is 2.14. The molecule has 1 aliphatic carbocycles. The molecule has 106 valence electrons. The molecule has 1 N–H and O–H groups in total. The number of carbonyl (C=O) groups excluding carboxylic acids is 1. The van der Waals surface area contributed by atoms with Crippen molar-refractivity contribution in [1.29, 1.82) is 0 Å². The third kappa shape index (κ3) is 3.17. The number of carbonyl (C=O) groups is 1. The van der Waals surface area contributed by atoms with E-state index in [-0.39, 0.29) is 11.3 Å². The molecule has 2 rings (SSSR count). The second-order valence-electron chi connectivity index (χ2n) is 5.98. The van der Waals surface area contributed by atoms with Crippen LogP contribution in [0.1, 0.15) is 50.5 Å². The number of aryl methyl sites for hydroxylation is 2. The van der Waals surface area contributed by atoms with Gasteiger partial charge < -0.3 is 9.88 Å². The molecule has 1 amide bonds. The zero-order valence-electron chi connectivity index (χ0n) is 12.3. The molecule has 0 spiro atoms. The first-order valence-corrected chi connectivity index (χ1v) is 7.30. The van der Waals surface area contributed by atoms with E-state index >= 15 is 0 Å². The Bertz CT molecular complexity index is 425. The van der Waals surface area contributed by atoms with Gasteiger partial charge in [-0.25, -0.2) is 4.98 Å². The van der Waals surface area contributed by atoms with Crippen LogP contribution < -0.4 is 5.32 Å². The maximum atomic E-state index is 12.3. The van der Waals surface area contributed by atoms with E-state index < -0.39 is 0 Å². The van der Waals surface area contributed by atoms with Crippen molar-refractivity contribution in [2.24, 2.45) is 5.41 Å². The van der Waals surface area contributed by atoms with Crippen LogP contribution in [0.2, 0.25) is 0 Å². The molecule has 0 aromatic carbocycles. The highest BCUT2D eigenvalue weighted by Gasteiger charge is 2.34. The summed E-state index contributed by atoms with van der Waals surface area (Å²) in [5, 5.41) is 3.10. The van der Waals surface area contributed by atoms with Crippen molar-refractivity contribution in [3.63, 3.8) is 0 Å². The quantitative estimate of drug-likeness (QED) is 0.907. The number of amides is 1. The summed E-state index contributed by atoms with van der Waals surface area (Å²) in [5.74, 6) is 1.23. The van der Waals surface area contributed by atoms with Crippen molar-refractivity contribution in [3.8, 4) is 0 Å². The number of hydrogen-bond acceptors (Lipinski definition) is 2. The molecule has 1 saturated carbocycles. The Morgan fingerprint density at radius 3 is 2.63 bits per heavy atom. The van der Waals surface area contributed by atoms with Gasteiger partial charge in [0.25, 0.3) is 0 Å². The first-order chi connectivity index (χ1) is 9.03. The van der Waals surface area contributed by atoms with E-state index in [9.17, 15) is 4.79 Å². The first kappa shape index (κ1) is 14.1. The zero-order valence-corrected chi connectivity index (χ0v) is 12.3. The van der Waals surface area contributed by atoms with Gasteiger partial charge in [-0.1, -0.05) is 26.2 Å². The highest BCUT2D eigenvalue weighted by molar-refractivity contribution is 5.82. The molecular weight excluding hydrogens is 238 g/mol. The Morgan fingerprint density at radius 2 is 2.05 bits per heavy atom. The molecule has 0 radical (unpaired) electrons. The Labute approximate surface area is 115 Å². The molecule has 1 aromatic rings. The van der Waals surface area contributed by atoms with Gasteiger partial charge in [-0.2, -0.15) is 0 Å². The number of nitrogens with zero attached hydrogens (tertiary/aromatic N) is 2. The van der Waals surface area contributed by atoms with Gasteiger partial charge in [0.15, 0.2) is 0 Å². The lowest BCUT2D eigenvalue weighted by Crippen LogP contribution is -2.41. The fraction of sp³-hybridized carbons (Fsp3) is 0.733. The van der Waals surface area contributed by atoms with Crippen molar-refractivity contribution in [3.05, 3.63) is 17.7 Å². The fourth-order valence-electron chi connectivity index (χ4n) is 2.97. The van der Waals surface area contributed by atoms with Gasteiger partial charge in [0.2, 0.25) is 5.91 Å². The second kappa shape index (κ2) is 5.76. The molecular formula is C15H25N3O. The van der Waals surface area contributed by atoms with Gasteiger partial charge >= 0.3 is 0 Å². The van der Waals surface area contributed by atoms with Gasteiger partial charge in [-0.05, 0) is 26.7 Å². The minimum absolute atomic E-state index is 0.142. The third-order valence-electron chi connectivity index (χ3n) is 4.38. The summed E-state index contributed by atoms with van der Waals surface area (Å²) in [5.41, 5.74) is 1.01. The van der Waals surface area contributed by atoms with Crippen LogP contribution in [0.3, 0.4) is 0 Å². The molecule has 1 aliphatic rings. The normalized spacial score (nSPS) is 18.3. The Kier molecular flexibility index (Phi) is 4.27. The molecule has 19 heavy (non-hydrogen) atoms. The van der Waals surface area contributed by atoms with E-state index in [1.54, 1.807) is 0 Å². The van der Waals surface area contributed by atoms with Crippen molar-refractivity contribution in [2.45, 2.75) is 59.4 Å². The van der Waals surface area contributed by atoms with Gasteiger partial charge in [0.1, 0.15) is 5.82 Å². The molecule has 4 nitrogen and oxygen atoms in total. The Morgan fingerprint density at radius 1 is 1.37 bits per heavy atom. The van der Waals surface area contributed by atoms with Crippen LogP contribution in [0, 0.1) is 19.3 Å². The fourth-order valence-corrected chi connectivity index (χ4v) is 2.97. The topological polar surface area (TPSA) is 46.9 Å². The number of hydrogen-bond donors (Lipinski definition) is 1. The summed E-state index contributed by atoms with van der Waals surface area (Å²) >= 11 is 0. The molecule has 4 heteroatoms. The van der Waals surface area contributed by atoms with Crippen LogP contribution in [-0.2, 0) is 11.3 Å². The monoisotopic (exact) mass is 263 g/mol. The molecule has 0 saturated heterocycles. The maximum absolute atomic E-state index is 12.3. The summed E-state index contributed by atoms with van der Waals surface area (Å²) in [7, 11) is 0. The molecule has 0 unspecified atom stereocenters. The van der Waals surface area contributed by atoms with E-state index in [1.165, 1.54) is 19.3 Å². The second-order valence-corrected chi connectivity index (χ2v) is 5.98.